The number of carbonyl (C=O) groups excluding carboxylic acids is 2. The molecule has 0 atom stereocenters. The van der Waals surface area contributed by atoms with Crippen LogP contribution in [0.15, 0.2) is 53.4 Å². The first-order valence-electron chi connectivity index (χ1n) is 8.78. The van der Waals surface area contributed by atoms with Gasteiger partial charge in [-0.3, -0.25) is 14.5 Å². The van der Waals surface area contributed by atoms with Gasteiger partial charge < -0.3 is 9.84 Å². The van der Waals surface area contributed by atoms with Crippen molar-refractivity contribution in [1.29, 1.82) is 0 Å². The quantitative estimate of drug-likeness (QED) is 0.667. The highest BCUT2D eigenvalue weighted by atomic mass is 35.5. The van der Waals surface area contributed by atoms with Crippen LogP contribution >= 0.6 is 23.4 Å². The van der Waals surface area contributed by atoms with E-state index in [-0.39, 0.29) is 25.0 Å². The fourth-order valence-electron chi connectivity index (χ4n) is 2.94. The minimum absolute atomic E-state index is 0.0740. The number of aliphatic hydroxyl groups excluding tert-OH is 1. The molecule has 3 rings (SSSR count). The first kappa shape index (κ1) is 20.5. The van der Waals surface area contributed by atoms with E-state index in [0.717, 1.165) is 11.3 Å². The van der Waals surface area contributed by atoms with E-state index in [2.05, 4.69) is 0 Å². The Morgan fingerprint density at radius 2 is 1.71 bits per heavy atom. The summed E-state index contributed by atoms with van der Waals surface area (Å²) in [5, 5.41) is 9.71. The molecule has 0 aliphatic carbocycles. The average Bonchev–Trinajstić information content (AvgIpc) is 2.95. The normalized spacial score (nSPS) is 14.2. The first-order valence-corrected chi connectivity index (χ1v) is 10.1. The standard InChI is InChI=1S/C21H20ClNO4S/c1-27-17-8-2-14(3-9-17)10-11-23-20(25)18(15-4-6-16(22)7-5-15)19(21(23)26)28-13-12-24/h2-9,24H,10-13H2,1H3. The second-order valence-corrected chi connectivity index (χ2v) is 7.68. The van der Waals surface area contributed by atoms with Crippen LogP contribution in [0.5, 0.6) is 5.75 Å². The van der Waals surface area contributed by atoms with E-state index in [9.17, 15) is 9.59 Å². The fourth-order valence-corrected chi connectivity index (χ4v) is 3.95. The molecule has 146 valence electrons. The molecule has 0 unspecified atom stereocenters. The number of benzene rings is 2. The van der Waals surface area contributed by atoms with Crippen LogP contribution in [0.1, 0.15) is 11.1 Å². The number of halogens is 1. The van der Waals surface area contributed by atoms with E-state index in [4.69, 9.17) is 21.4 Å². The van der Waals surface area contributed by atoms with Gasteiger partial charge in [-0.05, 0) is 41.8 Å². The van der Waals surface area contributed by atoms with Crippen LogP contribution in [0.25, 0.3) is 5.57 Å². The number of thioether (sulfide) groups is 1. The third-order valence-corrected chi connectivity index (χ3v) is 5.69. The third-order valence-electron chi connectivity index (χ3n) is 4.38. The van der Waals surface area contributed by atoms with Crippen molar-refractivity contribution in [3.05, 3.63) is 69.6 Å². The van der Waals surface area contributed by atoms with E-state index in [1.807, 2.05) is 24.3 Å². The summed E-state index contributed by atoms with van der Waals surface area (Å²) in [4.78, 5) is 27.6. The van der Waals surface area contributed by atoms with Gasteiger partial charge in [-0.15, -0.1) is 11.8 Å². The van der Waals surface area contributed by atoms with Gasteiger partial charge in [0.2, 0.25) is 0 Å². The first-order chi connectivity index (χ1) is 13.5. The number of hydrogen-bond donors (Lipinski definition) is 1. The SMILES string of the molecule is COc1ccc(CCN2C(=O)C(SCCO)=C(c3ccc(Cl)cc3)C2=O)cc1. The molecule has 5 nitrogen and oxygen atoms in total. The van der Waals surface area contributed by atoms with Gasteiger partial charge >= 0.3 is 0 Å². The topological polar surface area (TPSA) is 66.8 Å². The summed E-state index contributed by atoms with van der Waals surface area (Å²) in [7, 11) is 1.60. The van der Waals surface area contributed by atoms with E-state index < -0.39 is 0 Å². The van der Waals surface area contributed by atoms with Crippen molar-refractivity contribution in [1.82, 2.24) is 4.90 Å². The fraction of sp³-hybridized carbons (Fsp3) is 0.238. The van der Waals surface area contributed by atoms with Crippen LogP contribution in [0, 0.1) is 0 Å². The number of imide groups is 1. The van der Waals surface area contributed by atoms with Crippen molar-refractivity contribution in [3.63, 3.8) is 0 Å². The van der Waals surface area contributed by atoms with Gasteiger partial charge in [0.1, 0.15) is 5.75 Å². The lowest BCUT2D eigenvalue weighted by Gasteiger charge is -2.15. The van der Waals surface area contributed by atoms with Crippen LogP contribution in [-0.2, 0) is 16.0 Å². The molecule has 0 bridgehead atoms. The lowest BCUT2D eigenvalue weighted by Crippen LogP contribution is -2.33. The van der Waals surface area contributed by atoms with Gasteiger partial charge in [0.25, 0.3) is 11.8 Å². The van der Waals surface area contributed by atoms with E-state index in [0.29, 0.717) is 33.2 Å². The van der Waals surface area contributed by atoms with Crippen molar-refractivity contribution in [3.8, 4) is 5.75 Å². The van der Waals surface area contributed by atoms with Crippen LogP contribution in [0.3, 0.4) is 0 Å². The highest BCUT2D eigenvalue weighted by molar-refractivity contribution is 8.04. The molecular weight excluding hydrogens is 398 g/mol. The summed E-state index contributed by atoms with van der Waals surface area (Å²) < 4.78 is 5.15. The number of rotatable bonds is 8. The van der Waals surface area contributed by atoms with Gasteiger partial charge in [-0.25, -0.2) is 0 Å². The largest absolute Gasteiger partial charge is 0.497 e. The summed E-state index contributed by atoms with van der Waals surface area (Å²) in [6.07, 6.45) is 0.549. The molecule has 1 N–H and O–H groups in total. The predicted octanol–water partition coefficient (Wildman–Crippen LogP) is 3.40. The molecule has 1 aliphatic heterocycles. The zero-order valence-corrected chi connectivity index (χ0v) is 16.9. The summed E-state index contributed by atoms with van der Waals surface area (Å²) in [6.45, 7) is 0.208. The summed E-state index contributed by atoms with van der Waals surface area (Å²) in [5.41, 5.74) is 2.02. The molecule has 2 amide bonds. The van der Waals surface area contributed by atoms with Crippen molar-refractivity contribution in [2.75, 3.05) is 26.0 Å². The minimum Gasteiger partial charge on any atom is -0.497 e. The Kier molecular flexibility index (Phi) is 6.78. The number of hydrogen-bond acceptors (Lipinski definition) is 5. The smallest absolute Gasteiger partial charge is 0.267 e. The number of nitrogens with zero attached hydrogens (tertiary/aromatic N) is 1. The lowest BCUT2D eigenvalue weighted by atomic mass is 10.1. The Morgan fingerprint density at radius 1 is 1.04 bits per heavy atom. The molecule has 1 heterocycles. The second-order valence-electron chi connectivity index (χ2n) is 6.14. The lowest BCUT2D eigenvalue weighted by molar-refractivity contribution is -0.136. The van der Waals surface area contributed by atoms with Gasteiger partial charge in [-0.1, -0.05) is 35.9 Å². The second kappa shape index (κ2) is 9.28. The monoisotopic (exact) mass is 417 g/mol. The Bertz CT molecular complexity index is 894. The molecule has 0 spiro atoms. The van der Waals surface area contributed by atoms with Crippen molar-refractivity contribution in [2.24, 2.45) is 0 Å². The van der Waals surface area contributed by atoms with Crippen LogP contribution in [0.2, 0.25) is 5.02 Å². The van der Waals surface area contributed by atoms with E-state index in [1.54, 1.807) is 31.4 Å². The zero-order chi connectivity index (χ0) is 20.1. The summed E-state index contributed by atoms with van der Waals surface area (Å²) >= 11 is 7.15. The van der Waals surface area contributed by atoms with Crippen LogP contribution < -0.4 is 4.74 Å². The molecule has 7 heteroatoms. The Balaban J connectivity index is 1.81. The third kappa shape index (κ3) is 4.41. The van der Waals surface area contributed by atoms with E-state index >= 15 is 0 Å². The maximum atomic E-state index is 13.0. The van der Waals surface area contributed by atoms with Crippen LogP contribution in [-0.4, -0.2) is 47.8 Å². The van der Waals surface area contributed by atoms with E-state index in [1.165, 1.54) is 16.7 Å². The predicted molar refractivity (Wildman–Crippen MR) is 111 cm³/mol. The molecule has 2 aromatic carbocycles. The number of methoxy groups -OCH3 is 1. The molecule has 0 radical (unpaired) electrons. The molecular formula is C21H20ClNO4S. The van der Waals surface area contributed by atoms with Crippen LogP contribution in [0.4, 0.5) is 0 Å². The Labute approximate surface area is 172 Å². The van der Waals surface area contributed by atoms with Crippen molar-refractivity contribution >= 4 is 40.8 Å². The van der Waals surface area contributed by atoms with Gasteiger partial charge in [0, 0.05) is 17.3 Å². The summed E-state index contributed by atoms with van der Waals surface area (Å²) in [5.74, 6) is 0.465. The number of amides is 2. The number of carbonyl (C=O) groups is 2. The molecule has 1 aliphatic rings. The highest BCUT2D eigenvalue weighted by Crippen LogP contribution is 2.36. The van der Waals surface area contributed by atoms with Gasteiger partial charge in [0.15, 0.2) is 0 Å². The molecule has 0 saturated heterocycles. The van der Waals surface area contributed by atoms with Crippen molar-refractivity contribution in [2.45, 2.75) is 6.42 Å². The maximum absolute atomic E-state index is 13.0. The molecule has 2 aromatic rings. The Hall–Kier alpha value is -2.28. The number of ether oxygens (including phenoxy) is 1. The number of aliphatic hydroxyl groups is 1. The van der Waals surface area contributed by atoms with Gasteiger partial charge in [0.05, 0.1) is 24.2 Å². The molecule has 0 saturated carbocycles. The molecule has 0 fully saturated rings. The molecule has 0 aromatic heterocycles. The Morgan fingerprint density at radius 3 is 2.32 bits per heavy atom. The molecule has 28 heavy (non-hydrogen) atoms. The van der Waals surface area contributed by atoms with Crippen molar-refractivity contribution < 1.29 is 19.4 Å². The minimum atomic E-state index is -0.318. The zero-order valence-electron chi connectivity index (χ0n) is 15.4. The highest BCUT2D eigenvalue weighted by Gasteiger charge is 2.38. The van der Waals surface area contributed by atoms with Gasteiger partial charge in [-0.2, -0.15) is 0 Å². The summed E-state index contributed by atoms with van der Waals surface area (Å²) in [6, 6.07) is 14.4. The average molecular weight is 418 g/mol. The maximum Gasteiger partial charge on any atom is 0.267 e.